The fourth-order valence-corrected chi connectivity index (χ4v) is 5.37. The fourth-order valence-electron chi connectivity index (χ4n) is 3.65. The van der Waals surface area contributed by atoms with Gasteiger partial charge in [0.1, 0.15) is 12.4 Å². The summed E-state index contributed by atoms with van der Waals surface area (Å²) in [5.41, 5.74) is 1.65. The molecule has 0 aromatic heterocycles. The Morgan fingerprint density at radius 3 is 2.55 bits per heavy atom. The number of piperidine rings is 1. The number of carbonyl (C=O) groups excluding carboxylic acids is 1. The minimum atomic E-state index is -3.65. The number of carbonyl (C=O) groups is 1. The quantitative estimate of drug-likeness (QED) is 0.623. The SMILES string of the molecule is COCCOc1ccc(NC(=O)c2cc(S(=O)(=O)N3CCCCC3C)ccc2C)cc1. The highest BCUT2D eigenvalue weighted by Crippen LogP contribution is 2.27. The van der Waals surface area contributed by atoms with E-state index in [0.717, 1.165) is 19.3 Å². The van der Waals surface area contributed by atoms with Crippen molar-refractivity contribution in [3.05, 3.63) is 53.6 Å². The number of rotatable bonds is 8. The molecule has 1 aliphatic rings. The van der Waals surface area contributed by atoms with Crippen LogP contribution in [0.15, 0.2) is 47.4 Å². The number of benzene rings is 2. The lowest BCUT2D eigenvalue weighted by Crippen LogP contribution is -2.42. The van der Waals surface area contributed by atoms with E-state index in [-0.39, 0.29) is 16.8 Å². The van der Waals surface area contributed by atoms with Crippen LogP contribution in [-0.4, -0.2) is 51.5 Å². The second kappa shape index (κ2) is 10.3. The molecule has 0 spiro atoms. The molecular weight excluding hydrogens is 416 g/mol. The fraction of sp³-hybridized carbons (Fsp3) is 0.435. The van der Waals surface area contributed by atoms with Gasteiger partial charge >= 0.3 is 0 Å². The smallest absolute Gasteiger partial charge is 0.255 e. The predicted molar refractivity (Wildman–Crippen MR) is 120 cm³/mol. The minimum Gasteiger partial charge on any atom is -0.491 e. The molecule has 168 valence electrons. The molecule has 0 aliphatic carbocycles. The first-order chi connectivity index (χ1) is 14.8. The largest absolute Gasteiger partial charge is 0.491 e. The number of anilines is 1. The maximum Gasteiger partial charge on any atom is 0.255 e. The Labute approximate surface area is 184 Å². The predicted octanol–water partition coefficient (Wildman–Crippen LogP) is 3.84. The molecule has 0 bridgehead atoms. The van der Waals surface area contributed by atoms with Crippen LogP contribution in [0.3, 0.4) is 0 Å². The van der Waals surface area contributed by atoms with Gasteiger partial charge in [0.25, 0.3) is 5.91 Å². The van der Waals surface area contributed by atoms with Gasteiger partial charge in [0, 0.05) is 30.9 Å². The van der Waals surface area contributed by atoms with E-state index in [9.17, 15) is 13.2 Å². The van der Waals surface area contributed by atoms with E-state index in [2.05, 4.69) is 5.32 Å². The highest BCUT2D eigenvalue weighted by atomic mass is 32.2. The van der Waals surface area contributed by atoms with Crippen LogP contribution in [0.2, 0.25) is 0 Å². The highest BCUT2D eigenvalue weighted by Gasteiger charge is 2.31. The van der Waals surface area contributed by atoms with Crippen LogP contribution in [0.1, 0.15) is 42.1 Å². The number of nitrogens with zero attached hydrogens (tertiary/aromatic N) is 1. The maximum absolute atomic E-state index is 13.2. The van der Waals surface area contributed by atoms with Crippen molar-refractivity contribution in [2.75, 3.05) is 32.2 Å². The van der Waals surface area contributed by atoms with Crippen LogP contribution < -0.4 is 10.1 Å². The lowest BCUT2D eigenvalue weighted by molar-refractivity contribution is 0.102. The van der Waals surface area contributed by atoms with E-state index in [1.165, 1.54) is 6.07 Å². The number of hydrogen-bond donors (Lipinski definition) is 1. The van der Waals surface area contributed by atoms with Gasteiger partial charge in [0.05, 0.1) is 11.5 Å². The summed E-state index contributed by atoms with van der Waals surface area (Å²) in [6.07, 6.45) is 2.74. The number of nitrogens with one attached hydrogen (secondary N) is 1. The zero-order chi connectivity index (χ0) is 22.4. The lowest BCUT2D eigenvalue weighted by Gasteiger charge is -2.32. The molecule has 2 aromatic rings. The van der Waals surface area contributed by atoms with Crippen LogP contribution in [0.4, 0.5) is 5.69 Å². The highest BCUT2D eigenvalue weighted by molar-refractivity contribution is 7.89. The van der Waals surface area contributed by atoms with Gasteiger partial charge < -0.3 is 14.8 Å². The third-order valence-electron chi connectivity index (χ3n) is 5.47. The van der Waals surface area contributed by atoms with Gasteiger partial charge in [-0.25, -0.2) is 8.42 Å². The van der Waals surface area contributed by atoms with Gasteiger partial charge in [-0.05, 0) is 68.7 Å². The molecule has 1 amide bonds. The molecule has 1 unspecified atom stereocenters. The van der Waals surface area contributed by atoms with Crippen molar-refractivity contribution in [3.8, 4) is 5.75 Å². The molecular formula is C23H30N2O5S. The summed E-state index contributed by atoms with van der Waals surface area (Å²) in [7, 11) is -2.04. The van der Waals surface area contributed by atoms with Gasteiger partial charge in [0.15, 0.2) is 0 Å². The van der Waals surface area contributed by atoms with E-state index in [1.807, 2.05) is 6.92 Å². The molecule has 31 heavy (non-hydrogen) atoms. The molecule has 1 atom stereocenters. The molecule has 7 nitrogen and oxygen atoms in total. The molecule has 1 aliphatic heterocycles. The third kappa shape index (κ3) is 5.64. The summed E-state index contributed by atoms with van der Waals surface area (Å²) in [6.45, 7) is 5.17. The topological polar surface area (TPSA) is 84.9 Å². The normalized spacial score (nSPS) is 17.3. The zero-order valence-electron chi connectivity index (χ0n) is 18.3. The average molecular weight is 447 g/mol. The lowest BCUT2D eigenvalue weighted by atomic mass is 10.1. The van der Waals surface area contributed by atoms with Crippen molar-refractivity contribution in [1.82, 2.24) is 4.31 Å². The first-order valence-electron chi connectivity index (χ1n) is 10.5. The summed E-state index contributed by atoms with van der Waals surface area (Å²) in [5, 5.41) is 2.83. The van der Waals surface area contributed by atoms with Gasteiger partial charge in [-0.15, -0.1) is 0 Å². The standard InChI is InChI=1S/C23H30N2O5S/c1-17-7-12-21(31(27,28)25-13-5-4-6-18(25)2)16-22(17)23(26)24-19-8-10-20(11-9-19)30-15-14-29-3/h7-12,16,18H,4-6,13-15H2,1-3H3,(H,24,26). The summed E-state index contributed by atoms with van der Waals surface area (Å²) in [5.74, 6) is 0.323. The van der Waals surface area contributed by atoms with Crippen LogP contribution in [0, 0.1) is 6.92 Å². The minimum absolute atomic E-state index is 0.0399. The second-order valence-corrected chi connectivity index (χ2v) is 9.65. The van der Waals surface area contributed by atoms with Gasteiger partial charge in [-0.2, -0.15) is 4.31 Å². The Hall–Kier alpha value is -2.42. The summed E-state index contributed by atoms with van der Waals surface area (Å²) in [6, 6.07) is 11.7. The Bertz CT molecular complexity index is 1010. The van der Waals surface area contributed by atoms with Crippen molar-refractivity contribution >= 4 is 21.6 Å². The Kier molecular flexibility index (Phi) is 7.69. The molecule has 8 heteroatoms. The van der Waals surface area contributed by atoms with Gasteiger partial charge in [-0.3, -0.25) is 4.79 Å². The van der Waals surface area contributed by atoms with Crippen molar-refractivity contribution in [3.63, 3.8) is 0 Å². The van der Waals surface area contributed by atoms with E-state index < -0.39 is 10.0 Å². The van der Waals surface area contributed by atoms with E-state index in [1.54, 1.807) is 54.7 Å². The van der Waals surface area contributed by atoms with Gasteiger partial charge in [-0.1, -0.05) is 12.5 Å². The number of amides is 1. The average Bonchev–Trinajstić information content (AvgIpc) is 2.75. The molecule has 1 N–H and O–H groups in total. The first-order valence-corrected chi connectivity index (χ1v) is 11.9. The molecule has 1 saturated heterocycles. The second-order valence-electron chi connectivity index (χ2n) is 7.76. The molecule has 1 heterocycles. The summed E-state index contributed by atoms with van der Waals surface area (Å²) in [4.78, 5) is 13.0. The first kappa shape index (κ1) is 23.2. The number of sulfonamides is 1. The number of methoxy groups -OCH3 is 1. The van der Waals surface area contributed by atoms with Crippen LogP contribution in [0.25, 0.3) is 0 Å². The molecule has 3 rings (SSSR count). The molecule has 0 radical (unpaired) electrons. The molecule has 2 aromatic carbocycles. The van der Waals surface area contributed by atoms with E-state index >= 15 is 0 Å². The zero-order valence-corrected chi connectivity index (χ0v) is 19.1. The van der Waals surface area contributed by atoms with E-state index in [4.69, 9.17) is 9.47 Å². The van der Waals surface area contributed by atoms with Crippen LogP contribution in [0.5, 0.6) is 5.75 Å². The number of aryl methyl sites for hydroxylation is 1. The summed E-state index contributed by atoms with van der Waals surface area (Å²) < 4.78 is 38.3. The molecule has 0 saturated carbocycles. The van der Waals surface area contributed by atoms with Crippen molar-refractivity contribution in [2.24, 2.45) is 0 Å². The van der Waals surface area contributed by atoms with Crippen molar-refractivity contribution < 1.29 is 22.7 Å². The van der Waals surface area contributed by atoms with Crippen molar-refractivity contribution in [1.29, 1.82) is 0 Å². The van der Waals surface area contributed by atoms with Crippen LogP contribution in [-0.2, 0) is 14.8 Å². The molecule has 1 fully saturated rings. The third-order valence-corrected chi connectivity index (χ3v) is 7.48. The monoisotopic (exact) mass is 446 g/mol. The van der Waals surface area contributed by atoms with Gasteiger partial charge in [0.2, 0.25) is 10.0 Å². The number of hydrogen-bond acceptors (Lipinski definition) is 5. The van der Waals surface area contributed by atoms with Crippen molar-refractivity contribution in [2.45, 2.75) is 44.0 Å². The van der Waals surface area contributed by atoms with E-state index in [0.29, 0.717) is 42.3 Å². The Balaban J connectivity index is 1.76. The Morgan fingerprint density at radius 2 is 1.87 bits per heavy atom. The Morgan fingerprint density at radius 1 is 1.13 bits per heavy atom. The summed E-state index contributed by atoms with van der Waals surface area (Å²) >= 11 is 0. The van der Waals surface area contributed by atoms with Crippen LogP contribution >= 0.6 is 0 Å². The maximum atomic E-state index is 13.2. The number of ether oxygens (including phenoxy) is 2.